The summed E-state index contributed by atoms with van der Waals surface area (Å²) in [5, 5.41) is 12.5. The van der Waals surface area contributed by atoms with E-state index in [9.17, 15) is 14.0 Å². The predicted molar refractivity (Wildman–Crippen MR) is 167 cm³/mol. The number of para-hydroxylation sites is 2. The second-order valence-corrected chi connectivity index (χ2v) is 10.6. The van der Waals surface area contributed by atoms with E-state index in [4.69, 9.17) is 4.74 Å². The Labute approximate surface area is 253 Å². The molecule has 4 aromatic carbocycles. The first-order valence-corrected chi connectivity index (χ1v) is 14.3. The van der Waals surface area contributed by atoms with Gasteiger partial charge in [0.2, 0.25) is 0 Å². The van der Waals surface area contributed by atoms with Crippen LogP contribution in [0.25, 0.3) is 11.3 Å². The first-order valence-electron chi connectivity index (χ1n) is 12.6. The minimum Gasteiger partial charge on any atom is -0.483 e. The zero-order chi connectivity index (χ0) is 29.3. The van der Waals surface area contributed by atoms with Crippen molar-refractivity contribution in [1.82, 2.24) is 10.4 Å². The van der Waals surface area contributed by atoms with Crippen LogP contribution in [0.5, 0.6) is 5.75 Å². The van der Waals surface area contributed by atoms with E-state index in [1.54, 1.807) is 36.4 Å². The number of amides is 2. The lowest BCUT2D eigenvalue weighted by atomic mass is 10.1. The summed E-state index contributed by atoms with van der Waals surface area (Å²) in [5.41, 5.74) is 6.14. The largest absolute Gasteiger partial charge is 0.483 e. The molecule has 210 valence electrons. The lowest BCUT2D eigenvalue weighted by molar-refractivity contribution is -0.118. The quantitative estimate of drug-likeness (QED) is 0.110. The van der Waals surface area contributed by atoms with Crippen molar-refractivity contribution in [3.05, 3.63) is 124 Å². The number of hydrazone groups is 1. The van der Waals surface area contributed by atoms with Gasteiger partial charge in [0.05, 0.1) is 17.6 Å². The fourth-order valence-corrected chi connectivity index (χ4v) is 4.89. The van der Waals surface area contributed by atoms with Crippen LogP contribution in [0.2, 0.25) is 0 Å². The molecule has 5 aromatic rings. The van der Waals surface area contributed by atoms with Crippen LogP contribution in [0.3, 0.4) is 0 Å². The van der Waals surface area contributed by atoms with Crippen LogP contribution in [0.15, 0.2) is 112 Å². The van der Waals surface area contributed by atoms with Crippen LogP contribution in [0, 0.1) is 5.82 Å². The van der Waals surface area contributed by atoms with E-state index in [0.717, 1.165) is 26.5 Å². The Balaban J connectivity index is 1.17. The highest BCUT2D eigenvalue weighted by atomic mass is 79.9. The number of carbonyl (C=O) groups excluding carboxylic acids is 2. The third-order valence-corrected chi connectivity index (χ3v) is 7.07. The third kappa shape index (κ3) is 7.65. The number of nitrogens with zero attached hydrogens (tertiary/aromatic N) is 2. The topological polar surface area (TPSA) is 105 Å². The number of nitrogens with one attached hydrogen (secondary N) is 3. The van der Waals surface area contributed by atoms with Crippen LogP contribution in [-0.2, 0) is 4.79 Å². The third-order valence-electron chi connectivity index (χ3n) is 5.82. The van der Waals surface area contributed by atoms with E-state index in [1.165, 1.54) is 35.8 Å². The van der Waals surface area contributed by atoms with E-state index in [2.05, 4.69) is 42.1 Å². The van der Waals surface area contributed by atoms with Crippen molar-refractivity contribution in [2.45, 2.75) is 0 Å². The van der Waals surface area contributed by atoms with E-state index < -0.39 is 17.6 Å². The Bertz CT molecular complexity index is 1730. The highest BCUT2D eigenvalue weighted by Gasteiger charge is 2.11. The number of halogens is 2. The van der Waals surface area contributed by atoms with Gasteiger partial charge in [-0.15, -0.1) is 11.3 Å². The van der Waals surface area contributed by atoms with E-state index >= 15 is 0 Å². The molecule has 1 aromatic heterocycles. The van der Waals surface area contributed by atoms with Gasteiger partial charge in [-0.2, -0.15) is 5.10 Å². The summed E-state index contributed by atoms with van der Waals surface area (Å²) < 4.78 is 20.2. The number of benzene rings is 4. The van der Waals surface area contributed by atoms with Crippen LogP contribution >= 0.6 is 27.3 Å². The highest BCUT2D eigenvalue weighted by Crippen LogP contribution is 2.27. The second-order valence-electron chi connectivity index (χ2n) is 8.80. The first-order chi connectivity index (χ1) is 20.4. The Kier molecular flexibility index (Phi) is 9.32. The average molecular weight is 645 g/mol. The molecule has 0 aliphatic rings. The molecule has 0 radical (unpaired) electrons. The summed E-state index contributed by atoms with van der Waals surface area (Å²) in [5.74, 6) is -1.11. The number of rotatable bonds is 10. The van der Waals surface area contributed by atoms with E-state index in [1.807, 2.05) is 47.8 Å². The molecule has 5 rings (SSSR count). The van der Waals surface area contributed by atoms with Gasteiger partial charge in [-0.1, -0.05) is 58.4 Å². The Morgan fingerprint density at radius 2 is 1.74 bits per heavy atom. The number of carbonyl (C=O) groups is 2. The minimum atomic E-state index is -0.541. The van der Waals surface area contributed by atoms with Crippen molar-refractivity contribution in [3.8, 4) is 17.0 Å². The Morgan fingerprint density at radius 1 is 0.976 bits per heavy atom. The Morgan fingerprint density at radius 3 is 2.52 bits per heavy atom. The van der Waals surface area contributed by atoms with Gasteiger partial charge in [-0.3, -0.25) is 9.59 Å². The summed E-state index contributed by atoms with van der Waals surface area (Å²) in [6, 6.07) is 27.8. The molecule has 3 N–H and O–H groups in total. The SMILES string of the molecule is O=C(COc1ccc(Br)cc1/C=N/NC(=O)c1ccc(-c2csc(Nc3ccccc3)n2)cc1)Nc1ccccc1F. The molecular weight excluding hydrogens is 621 g/mol. The number of aromatic nitrogens is 1. The smallest absolute Gasteiger partial charge is 0.271 e. The number of hydrogen-bond acceptors (Lipinski definition) is 7. The van der Waals surface area contributed by atoms with Gasteiger partial charge < -0.3 is 15.4 Å². The van der Waals surface area contributed by atoms with E-state index in [0.29, 0.717) is 16.9 Å². The monoisotopic (exact) mass is 643 g/mol. The standard InChI is InChI=1S/C31H23BrFN5O3S/c32-23-14-15-28(41-18-29(39)36-26-9-5-4-8-25(26)33)22(16-23)17-34-38-30(40)21-12-10-20(11-13-21)27-19-42-31(37-27)35-24-6-2-1-3-7-24/h1-17,19H,18H2,(H,35,37)(H,36,39)(H,38,40)/b34-17+. The van der Waals surface area contributed by atoms with Crippen LogP contribution in [-0.4, -0.2) is 29.6 Å². The summed E-state index contributed by atoms with van der Waals surface area (Å²) in [4.78, 5) is 29.6. The fraction of sp³-hybridized carbons (Fsp3) is 0.0323. The van der Waals surface area contributed by atoms with Crippen LogP contribution in [0.1, 0.15) is 15.9 Å². The fourth-order valence-electron chi connectivity index (χ4n) is 3.77. The van der Waals surface area contributed by atoms with Crippen LogP contribution < -0.4 is 20.8 Å². The van der Waals surface area contributed by atoms with Crippen molar-refractivity contribution < 1.29 is 18.7 Å². The van der Waals surface area contributed by atoms with Gasteiger partial charge in [0.15, 0.2) is 11.7 Å². The second kappa shape index (κ2) is 13.7. The number of anilines is 3. The maximum atomic E-state index is 13.8. The van der Waals surface area contributed by atoms with Crippen molar-refractivity contribution in [2.24, 2.45) is 5.10 Å². The first kappa shape index (κ1) is 28.7. The molecule has 0 spiro atoms. The van der Waals surface area contributed by atoms with Gasteiger partial charge >= 0.3 is 0 Å². The van der Waals surface area contributed by atoms with Crippen molar-refractivity contribution >= 4 is 61.8 Å². The molecular formula is C31H23BrFN5O3S. The lowest BCUT2D eigenvalue weighted by Gasteiger charge is -2.10. The van der Waals surface area contributed by atoms with Gasteiger partial charge in [0, 0.05) is 32.2 Å². The molecule has 42 heavy (non-hydrogen) atoms. The maximum absolute atomic E-state index is 13.8. The molecule has 11 heteroatoms. The summed E-state index contributed by atoms with van der Waals surface area (Å²) >= 11 is 4.89. The van der Waals surface area contributed by atoms with Gasteiger partial charge in [0.25, 0.3) is 11.8 Å². The minimum absolute atomic E-state index is 0.0656. The number of ether oxygens (including phenoxy) is 1. The molecule has 0 unspecified atom stereocenters. The van der Waals surface area contributed by atoms with Crippen molar-refractivity contribution in [3.63, 3.8) is 0 Å². The number of hydrogen-bond donors (Lipinski definition) is 3. The van der Waals surface area contributed by atoms with Crippen LogP contribution in [0.4, 0.5) is 20.9 Å². The van der Waals surface area contributed by atoms with Crippen molar-refractivity contribution in [1.29, 1.82) is 0 Å². The molecule has 1 heterocycles. The average Bonchev–Trinajstić information content (AvgIpc) is 3.47. The molecule has 0 bridgehead atoms. The summed E-state index contributed by atoms with van der Waals surface area (Å²) in [6.07, 6.45) is 1.41. The van der Waals surface area contributed by atoms with E-state index in [-0.39, 0.29) is 12.3 Å². The predicted octanol–water partition coefficient (Wildman–Crippen LogP) is 7.24. The lowest BCUT2D eigenvalue weighted by Crippen LogP contribution is -2.21. The van der Waals surface area contributed by atoms with Gasteiger partial charge in [-0.25, -0.2) is 14.8 Å². The maximum Gasteiger partial charge on any atom is 0.271 e. The zero-order valence-corrected chi connectivity index (χ0v) is 24.3. The number of thiazole rings is 1. The molecule has 0 atom stereocenters. The molecule has 8 nitrogen and oxygen atoms in total. The molecule has 0 saturated carbocycles. The molecule has 0 aliphatic carbocycles. The molecule has 0 aliphatic heterocycles. The van der Waals surface area contributed by atoms with Gasteiger partial charge in [0.1, 0.15) is 11.6 Å². The molecule has 2 amide bonds. The zero-order valence-electron chi connectivity index (χ0n) is 21.9. The molecule has 0 fully saturated rings. The van der Waals surface area contributed by atoms with Gasteiger partial charge in [-0.05, 0) is 54.6 Å². The van der Waals surface area contributed by atoms with Crippen molar-refractivity contribution in [2.75, 3.05) is 17.2 Å². The summed E-state index contributed by atoms with van der Waals surface area (Å²) in [6.45, 7) is -0.349. The summed E-state index contributed by atoms with van der Waals surface area (Å²) in [7, 11) is 0. The Hall–Kier alpha value is -4.87. The molecule has 0 saturated heterocycles. The normalized spacial score (nSPS) is 10.8. The highest BCUT2D eigenvalue weighted by molar-refractivity contribution is 9.10.